The molecule has 0 saturated carbocycles. The Hall–Kier alpha value is -2.83. The molecule has 2 aromatic rings. The van der Waals surface area contributed by atoms with Crippen LogP contribution >= 0.6 is 0 Å². The molecule has 0 heterocycles. The van der Waals surface area contributed by atoms with Gasteiger partial charge < -0.3 is 10.2 Å². The fourth-order valence-electron chi connectivity index (χ4n) is 2.90. The summed E-state index contributed by atoms with van der Waals surface area (Å²) in [6.45, 7) is 5.14. The Morgan fingerprint density at radius 3 is 2.11 bits per heavy atom. The number of carbonyl (C=O) groups excluding carboxylic acids is 2. The number of nitrogens with one attached hydrogen (secondary N) is 1. The van der Waals surface area contributed by atoms with E-state index in [2.05, 4.69) is 5.32 Å². The van der Waals surface area contributed by atoms with Crippen molar-refractivity contribution in [1.82, 2.24) is 4.90 Å². The van der Waals surface area contributed by atoms with E-state index in [-0.39, 0.29) is 24.7 Å². The molecule has 28 heavy (non-hydrogen) atoms. The zero-order valence-corrected chi connectivity index (χ0v) is 16.0. The maximum absolute atomic E-state index is 13.1. The molecule has 0 aliphatic carbocycles. The number of rotatable bonds is 6. The largest absolute Gasteiger partial charge is 0.418 e. The molecule has 2 aromatic carbocycles. The minimum atomic E-state index is -4.58. The highest BCUT2D eigenvalue weighted by Crippen LogP contribution is 2.34. The van der Waals surface area contributed by atoms with Gasteiger partial charge in [-0.2, -0.15) is 13.2 Å². The Morgan fingerprint density at radius 2 is 1.54 bits per heavy atom. The van der Waals surface area contributed by atoms with Gasteiger partial charge in [0.1, 0.15) is 0 Å². The molecule has 1 N–H and O–H groups in total. The summed E-state index contributed by atoms with van der Waals surface area (Å²) in [5.74, 6) is -0.962. The van der Waals surface area contributed by atoms with E-state index in [9.17, 15) is 22.8 Å². The van der Waals surface area contributed by atoms with Crippen LogP contribution in [0.15, 0.2) is 54.6 Å². The van der Waals surface area contributed by atoms with Gasteiger partial charge in [-0.3, -0.25) is 9.59 Å². The summed E-state index contributed by atoms with van der Waals surface area (Å²) >= 11 is 0. The SMILES string of the molecule is CCN(CC(=O)Nc1ccccc1C(F)(F)F)C(=O)C(C)(C)c1ccccc1. The summed E-state index contributed by atoms with van der Waals surface area (Å²) < 4.78 is 39.3. The van der Waals surface area contributed by atoms with Crippen molar-refractivity contribution in [2.45, 2.75) is 32.4 Å². The molecule has 0 saturated heterocycles. The zero-order chi connectivity index (χ0) is 20.9. The number of likely N-dealkylation sites (N-methyl/N-ethyl adjacent to an activating group) is 1. The average Bonchev–Trinajstić information content (AvgIpc) is 2.65. The maximum Gasteiger partial charge on any atom is 0.418 e. The molecule has 2 amide bonds. The summed E-state index contributed by atoms with van der Waals surface area (Å²) in [6.07, 6.45) is -4.58. The number of amides is 2. The molecule has 0 aliphatic rings. The van der Waals surface area contributed by atoms with E-state index >= 15 is 0 Å². The number of hydrogen-bond donors (Lipinski definition) is 1. The number of para-hydroxylation sites is 1. The lowest BCUT2D eigenvalue weighted by molar-refractivity contribution is -0.139. The van der Waals surface area contributed by atoms with E-state index in [1.165, 1.54) is 23.1 Å². The van der Waals surface area contributed by atoms with Gasteiger partial charge in [0.05, 0.1) is 23.2 Å². The topological polar surface area (TPSA) is 49.4 Å². The summed E-state index contributed by atoms with van der Waals surface area (Å²) in [5.41, 5.74) is -1.34. The lowest BCUT2D eigenvalue weighted by Crippen LogP contribution is -2.46. The fraction of sp³-hybridized carbons (Fsp3) is 0.333. The third kappa shape index (κ3) is 4.91. The van der Waals surface area contributed by atoms with Crippen LogP contribution < -0.4 is 5.32 Å². The van der Waals surface area contributed by atoms with Crippen molar-refractivity contribution in [2.24, 2.45) is 0 Å². The van der Waals surface area contributed by atoms with Gasteiger partial charge in [-0.05, 0) is 38.5 Å². The third-order valence-corrected chi connectivity index (χ3v) is 4.54. The van der Waals surface area contributed by atoms with E-state index in [0.717, 1.165) is 11.6 Å². The lowest BCUT2D eigenvalue weighted by atomic mass is 9.83. The van der Waals surface area contributed by atoms with Gasteiger partial charge in [0.25, 0.3) is 0 Å². The highest BCUT2D eigenvalue weighted by atomic mass is 19.4. The van der Waals surface area contributed by atoms with Crippen LogP contribution in [0.1, 0.15) is 31.9 Å². The molecular formula is C21H23F3N2O2. The van der Waals surface area contributed by atoms with Gasteiger partial charge in [-0.25, -0.2) is 0 Å². The summed E-state index contributed by atoms with van der Waals surface area (Å²) in [7, 11) is 0. The van der Waals surface area contributed by atoms with E-state index in [1.54, 1.807) is 20.8 Å². The van der Waals surface area contributed by atoms with Crippen molar-refractivity contribution in [3.8, 4) is 0 Å². The summed E-state index contributed by atoms with van der Waals surface area (Å²) in [4.78, 5) is 26.7. The van der Waals surface area contributed by atoms with Gasteiger partial charge in [-0.15, -0.1) is 0 Å². The molecule has 4 nitrogen and oxygen atoms in total. The predicted octanol–water partition coefficient (Wildman–Crippen LogP) is 4.47. The van der Waals surface area contributed by atoms with Crippen LogP contribution in [0.5, 0.6) is 0 Å². The minimum Gasteiger partial charge on any atom is -0.333 e. The van der Waals surface area contributed by atoms with E-state index < -0.39 is 23.1 Å². The van der Waals surface area contributed by atoms with Crippen molar-refractivity contribution in [3.05, 3.63) is 65.7 Å². The van der Waals surface area contributed by atoms with Gasteiger partial charge in [0.2, 0.25) is 11.8 Å². The van der Waals surface area contributed by atoms with Crippen LogP contribution in [0.3, 0.4) is 0 Å². The molecule has 2 rings (SSSR count). The first-order chi connectivity index (χ1) is 13.1. The van der Waals surface area contributed by atoms with Crippen molar-refractivity contribution >= 4 is 17.5 Å². The first-order valence-corrected chi connectivity index (χ1v) is 8.88. The zero-order valence-electron chi connectivity index (χ0n) is 16.0. The quantitative estimate of drug-likeness (QED) is 0.789. The maximum atomic E-state index is 13.1. The molecule has 150 valence electrons. The number of nitrogens with zero attached hydrogens (tertiary/aromatic N) is 1. The smallest absolute Gasteiger partial charge is 0.333 e. The van der Waals surface area contributed by atoms with Crippen molar-refractivity contribution in [2.75, 3.05) is 18.4 Å². The Bertz CT molecular complexity index is 833. The standard InChI is InChI=1S/C21H23F3N2O2/c1-4-26(19(28)20(2,3)15-10-6-5-7-11-15)14-18(27)25-17-13-9-8-12-16(17)21(22,23)24/h5-13H,4,14H2,1-3H3,(H,25,27). The van der Waals surface area contributed by atoms with Gasteiger partial charge in [-0.1, -0.05) is 42.5 Å². The molecule has 0 radical (unpaired) electrons. The molecule has 0 spiro atoms. The Morgan fingerprint density at radius 1 is 0.964 bits per heavy atom. The second-order valence-corrected chi connectivity index (χ2v) is 6.90. The van der Waals surface area contributed by atoms with Crippen molar-refractivity contribution < 1.29 is 22.8 Å². The van der Waals surface area contributed by atoms with Crippen LogP contribution in [-0.2, 0) is 21.2 Å². The average molecular weight is 392 g/mol. The number of carbonyl (C=O) groups is 2. The molecule has 0 atom stereocenters. The van der Waals surface area contributed by atoms with E-state index in [1.807, 2.05) is 30.3 Å². The Kier molecular flexibility index (Phi) is 6.48. The highest BCUT2D eigenvalue weighted by molar-refractivity contribution is 5.97. The van der Waals surface area contributed by atoms with Crippen LogP contribution in [0, 0.1) is 0 Å². The van der Waals surface area contributed by atoms with Gasteiger partial charge in [0, 0.05) is 6.54 Å². The molecule has 0 fully saturated rings. The number of alkyl halides is 3. The highest BCUT2D eigenvalue weighted by Gasteiger charge is 2.35. The second kappa shape index (κ2) is 8.46. The number of halogens is 3. The molecule has 7 heteroatoms. The minimum absolute atomic E-state index is 0.253. The normalized spacial score (nSPS) is 11.8. The van der Waals surface area contributed by atoms with Gasteiger partial charge in [0.15, 0.2) is 0 Å². The Labute approximate surface area is 162 Å². The van der Waals surface area contributed by atoms with Crippen LogP contribution in [0.25, 0.3) is 0 Å². The number of benzene rings is 2. The summed E-state index contributed by atoms with van der Waals surface area (Å²) in [5, 5.41) is 2.28. The van der Waals surface area contributed by atoms with Crippen LogP contribution in [0.2, 0.25) is 0 Å². The van der Waals surface area contributed by atoms with E-state index in [4.69, 9.17) is 0 Å². The monoisotopic (exact) mass is 392 g/mol. The fourth-order valence-corrected chi connectivity index (χ4v) is 2.90. The Balaban J connectivity index is 2.15. The molecule has 0 aromatic heterocycles. The van der Waals surface area contributed by atoms with Crippen molar-refractivity contribution in [3.63, 3.8) is 0 Å². The van der Waals surface area contributed by atoms with Crippen LogP contribution in [-0.4, -0.2) is 29.8 Å². The molecule has 0 unspecified atom stereocenters. The summed E-state index contributed by atoms with van der Waals surface area (Å²) in [6, 6.07) is 13.9. The van der Waals surface area contributed by atoms with Gasteiger partial charge >= 0.3 is 6.18 Å². The first-order valence-electron chi connectivity index (χ1n) is 8.88. The first kappa shape index (κ1) is 21.5. The molecule has 0 bridgehead atoms. The third-order valence-electron chi connectivity index (χ3n) is 4.54. The van der Waals surface area contributed by atoms with Crippen LogP contribution in [0.4, 0.5) is 18.9 Å². The molecular weight excluding hydrogens is 369 g/mol. The van der Waals surface area contributed by atoms with E-state index in [0.29, 0.717) is 0 Å². The lowest BCUT2D eigenvalue weighted by Gasteiger charge is -2.31. The van der Waals surface area contributed by atoms with Crippen molar-refractivity contribution in [1.29, 1.82) is 0 Å². The molecule has 0 aliphatic heterocycles. The second-order valence-electron chi connectivity index (χ2n) is 6.90. The number of anilines is 1. The predicted molar refractivity (Wildman–Crippen MR) is 102 cm³/mol. The number of hydrogen-bond acceptors (Lipinski definition) is 2.